The SMILES string of the molecule is COc1ccc(S(=O)(=O)NC2=NCN(CC3CCCO3)CN2)cc1OC. The molecule has 0 bridgehead atoms. The van der Waals surface area contributed by atoms with Gasteiger partial charge in [-0.25, -0.2) is 18.1 Å². The summed E-state index contributed by atoms with van der Waals surface area (Å²) in [6.07, 6.45) is 2.38. The first-order valence-corrected chi connectivity index (χ1v) is 9.87. The zero-order valence-corrected chi connectivity index (χ0v) is 15.7. The van der Waals surface area contributed by atoms with Gasteiger partial charge in [0.2, 0.25) is 5.96 Å². The second-order valence-electron chi connectivity index (χ2n) is 6.09. The highest BCUT2D eigenvalue weighted by atomic mass is 32.2. The summed E-state index contributed by atoms with van der Waals surface area (Å²) in [4.78, 5) is 6.41. The minimum atomic E-state index is -3.78. The molecule has 2 heterocycles. The van der Waals surface area contributed by atoms with Crippen molar-refractivity contribution in [3.05, 3.63) is 18.2 Å². The Morgan fingerprint density at radius 2 is 2.15 bits per heavy atom. The van der Waals surface area contributed by atoms with Crippen LogP contribution in [0.25, 0.3) is 0 Å². The Hall–Kier alpha value is -2.04. The van der Waals surface area contributed by atoms with Crippen LogP contribution in [-0.4, -0.2) is 66.1 Å². The minimum Gasteiger partial charge on any atom is -0.493 e. The summed E-state index contributed by atoms with van der Waals surface area (Å²) in [7, 11) is -0.831. The molecule has 0 saturated carbocycles. The Labute approximate surface area is 153 Å². The van der Waals surface area contributed by atoms with Gasteiger partial charge >= 0.3 is 0 Å². The second kappa shape index (κ2) is 8.11. The lowest BCUT2D eigenvalue weighted by atomic mass is 10.2. The third-order valence-electron chi connectivity index (χ3n) is 4.28. The summed E-state index contributed by atoms with van der Waals surface area (Å²) in [5.74, 6) is 1.03. The van der Waals surface area contributed by atoms with Crippen LogP contribution in [0.1, 0.15) is 12.8 Å². The maximum Gasteiger partial charge on any atom is 0.264 e. The summed E-state index contributed by atoms with van der Waals surface area (Å²) in [6, 6.07) is 4.41. The Morgan fingerprint density at radius 1 is 1.35 bits per heavy atom. The van der Waals surface area contributed by atoms with Crippen LogP contribution in [0.15, 0.2) is 28.1 Å². The van der Waals surface area contributed by atoms with E-state index >= 15 is 0 Å². The van der Waals surface area contributed by atoms with E-state index < -0.39 is 10.0 Å². The summed E-state index contributed by atoms with van der Waals surface area (Å²) in [5, 5.41) is 2.99. The van der Waals surface area contributed by atoms with E-state index in [0.717, 1.165) is 26.0 Å². The molecule has 0 radical (unpaired) electrons. The fraction of sp³-hybridized carbons (Fsp3) is 0.562. The Morgan fingerprint density at radius 3 is 2.77 bits per heavy atom. The average Bonchev–Trinajstić information content (AvgIpc) is 3.15. The van der Waals surface area contributed by atoms with E-state index in [9.17, 15) is 8.42 Å². The van der Waals surface area contributed by atoms with Gasteiger partial charge in [0.1, 0.15) is 0 Å². The van der Waals surface area contributed by atoms with Gasteiger partial charge in [0, 0.05) is 19.2 Å². The van der Waals surface area contributed by atoms with Gasteiger partial charge in [-0.05, 0) is 25.0 Å². The van der Waals surface area contributed by atoms with Gasteiger partial charge in [0.15, 0.2) is 11.5 Å². The van der Waals surface area contributed by atoms with Crippen molar-refractivity contribution in [1.82, 2.24) is 14.9 Å². The van der Waals surface area contributed by atoms with Gasteiger partial charge in [-0.1, -0.05) is 0 Å². The van der Waals surface area contributed by atoms with Crippen LogP contribution in [0.2, 0.25) is 0 Å². The number of methoxy groups -OCH3 is 2. The fourth-order valence-corrected chi connectivity index (χ4v) is 3.92. The first-order valence-electron chi connectivity index (χ1n) is 8.39. The highest BCUT2D eigenvalue weighted by Crippen LogP contribution is 2.29. The number of ether oxygens (including phenoxy) is 3. The smallest absolute Gasteiger partial charge is 0.264 e. The summed E-state index contributed by atoms with van der Waals surface area (Å²) < 4.78 is 43.5. The van der Waals surface area contributed by atoms with E-state index in [1.807, 2.05) is 0 Å². The Balaban J connectivity index is 1.63. The van der Waals surface area contributed by atoms with E-state index in [-0.39, 0.29) is 17.0 Å². The van der Waals surface area contributed by atoms with Gasteiger partial charge in [0.25, 0.3) is 10.0 Å². The largest absolute Gasteiger partial charge is 0.493 e. The zero-order valence-electron chi connectivity index (χ0n) is 14.9. The first kappa shape index (κ1) is 18.7. The number of nitrogens with one attached hydrogen (secondary N) is 2. The molecule has 0 spiro atoms. The third-order valence-corrected chi connectivity index (χ3v) is 5.62. The van der Waals surface area contributed by atoms with E-state index in [0.29, 0.717) is 24.8 Å². The second-order valence-corrected chi connectivity index (χ2v) is 7.78. The molecule has 10 heteroatoms. The summed E-state index contributed by atoms with van der Waals surface area (Å²) >= 11 is 0. The lowest BCUT2D eigenvalue weighted by Gasteiger charge is -2.28. The molecular formula is C16H24N4O5S. The summed E-state index contributed by atoms with van der Waals surface area (Å²) in [6.45, 7) is 2.52. The predicted octanol–water partition coefficient (Wildman–Crippen LogP) is 0.337. The van der Waals surface area contributed by atoms with Crippen LogP contribution < -0.4 is 19.5 Å². The van der Waals surface area contributed by atoms with E-state index in [2.05, 4.69) is 19.9 Å². The fourth-order valence-electron chi connectivity index (χ4n) is 2.90. The third kappa shape index (κ3) is 4.37. The topological polar surface area (TPSA) is 101 Å². The molecule has 1 fully saturated rings. The molecule has 0 aromatic heterocycles. The number of guanidine groups is 1. The molecule has 2 N–H and O–H groups in total. The minimum absolute atomic E-state index is 0.0708. The molecule has 1 saturated heterocycles. The van der Waals surface area contributed by atoms with Gasteiger partial charge in [-0.3, -0.25) is 4.90 Å². The lowest BCUT2D eigenvalue weighted by Crippen LogP contribution is -2.51. The van der Waals surface area contributed by atoms with Crippen molar-refractivity contribution in [3.63, 3.8) is 0 Å². The molecule has 3 rings (SSSR count). The summed E-state index contributed by atoms with van der Waals surface area (Å²) in [5.41, 5.74) is 0. The number of sulfonamides is 1. The predicted molar refractivity (Wildman–Crippen MR) is 95.9 cm³/mol. The molecule has 0 aliphatic carbocycles. The first-order chi connectivity index (χ1) is 12.5. The van der Waals surface area contributed by atoms with Gasteiger partial charge in [-0.2, -0.15) is 0 Å². The van der Waals surface area contributed by atoms with Crippen LogP contribution in [0.4, 0.5) is 0 Å². The lowest BCUT2D eigenvalue weighted by molar-refractivity contribution is 0.0714. The van der Waals surface area contributed by atoms with E-state index in [1.165, 1.54) is 26.4 Å². The van der Waals surface area contributed by atoms with E-state index in [1.54, 1.807) is 6.07 Å². The van der Waals surface area contributed by atoms with Crippen LogP contribution in [0, 0.1) is 0 Å². The van der Waals surface area contributed by atoms with Crippen molar-refractivity contribution >= 4 is 16.0 Å². The van der Waals surface area contributed by atoms with E-state index in [4.69, 9.17) is 14.2 Å². The van der Waals surface area contributed by atoms with Crippen molar-refractivity contribution < 1.29 is 22.6 Å². The number of benzene rings is 1. The molecule has 26 heavy (non-hydrogen) atoms. The van der Waals surface area contributed by atoms with Crippen molar-refractivity contribution in [1.29, 1.82) is 0 Å². The number of nitrogens with zero attached hydrogens (tertiary/aromatic N) is 2. The van der Waals surface area contributed by atoms with Crippen LogP contribution >= 0.6 is 0 Å². The van der Waals surface area contributed by atoms with Crippen molar-refractivity contribution in [2.45, 2.75) is 23.8 Å². The monoisotopic (exact) mass is 384 g/mol. The number of hydrogen-bond donors (Lipinski definition) is 2. The van der Waals surface area contributed by atoms with Crippen molar-refractivity contribution in [2.75, 3.05) is 40.7 Å². The molecule has 2 aliphatic heterocycles. The Kier molecular flexibility index (Phi) is 5.84. The van der Waals surface area contributed by atoms with Gasteiger partial charge in [0.05, 0.1) is 38.6 Å². The molecular weight excluding hydrogens is 360 g/mol. The van der Waals surface area contributed by atoms with Crippen LogP contribution in [-0.2, 0) is 14.8 Å². The molecule has 1 unspecified atom stereocenters. The molecule has 0 amide bonds. The van der Waals surface area contributed by atoms with Crippen molar-refractivity contribution in [2.24, 2.45) is 4.99 Å². The molecule has 1 aromatic carbocycles. The quantitative estimate of drug-likeness (QED) is 0.729. The highest BCUT2D eigenvalue weighted by molar-refractivity contribution is 7.90. The highest BCUT2D eigenvalue weighted by Gasteiger charge is 2.23. The number of aliphatic imine (C=N–C) groups is 1. The molecule has 2 aliphatic rings. The van der Waals surface area contributed by atoms with Crippen LogP contribution in [0.3, 0.4) is 0 Å². The molecule has 1 aromatic rings. The maximum atomic E-state index is 12.6. The maximum absolute atomic E-state index is 12.6. The number of rotatable bonds is 6. The van der Waals surface area contributed by atoms with Gasteiger partial charge < -0.3 is 19.5 Å². The van der Waals surface area contributed by atoms with Gasteiger partial charge in [-0.15, -0.1) is 0 Å². The average molecular weight is 384 g/mol. The van der Waals surface area contributed by atoms with Crippen LogP contribution in [0.5, 0.6) is 11.5 Å². The normalized spacial score (nSPS) is 21.0. The van der Waals surface area contributed by atoms with Crippen molar-refractivity contribution in [3.8, 4) is 11.5 Å². The molecule has 1 atom stereocenters. The standard InChI is InChI=1S/C16H24N4O5S/c1-23-14-6-5-13(8-15(14)24-2)26(21,22)19-16-17-10-20(11-18-16)9-12-4-3-7-25-12/h5-6,8,12H,3-4,7,9-11H2,1-2H3,(H2,17,18,19). The Bertz CT molecular complexity index is 762. The molecule has 9 nitrogen and oxygen atoms in total. The number of hydrogen-bond acceptors (Lipinski definition) is 8. The zero-order chi connectivity index (χ0) is 18.6. The molecule has 144 valence electrons.